The van der Waals surface area contributed by atoms with Gasteiger partial charge in [-0.1, -0.05) is 13.8 Å². The van der Waals surface area contributed by atoms with Crippen molar-refractivity contribution >= 4 is 5.91 Å². The van der Waals surface area contributed by atoms with Gasteiger partial charge in [0.1, 0.15) is 5.56 Å². The summed E-state index contributed by atoms with van der Waals surface area (Å²) in [6, 6.07) is 3.43. The number of hydrogen-bond acceptors (Lipinski definition) is 5. The van der Waals surface area contributed by atoms with Gasteiger partial charge in [0.05, 0.1) is 6.61 Å². The largest absolute Gasteiger partial charge is 0.396 e. The van der Waals surface area contributed by atoms with Crippen molar-refractivity contribution in [2.24, 2.45) is 11.8 Å². The van der Waals surface area contributed by atoms with Crippen molar-refractivity contribution in [1.29, 1.82) is 0 Å². The predicted octanol–water partition coefficient (Wildman–Crippen LogP) is 1.15. The van der Waals surface area contributed by atoms with Gasteiger partial charge >= 0.3 is 0 Å². The monoisotopic (exact) mass is 379 g/mol. The van der Waals surface area contributed by atoms with E-state index in [1.807, 2.05) is 27.0 Å². The number of H-pyrrole nitrogens is 1. The minimum absolute atomic E-state index is 0.0394. The summed E-state index contributed by atoms with van der Waals surface area (Å²) >= 11 is 0. The Bertz CT molecular complexity index is 673. The molecule has 2 rings (SSSR count). The van der Waals surface area contributed by atoms with Gasteiger partial charge in [0.2, 0.25) is 0 Å². The van der Waals surface area contributed by atoms with Crippen molar-refractivity contribution in [2.45, 2.75) is 26.2 Å². The van der Waals surface area contributed by atoms with E-state index >= 15 is 0 Å². The molecule has 1 amide bonds. The van der Waals surface area contributed by atoms with Gasteiger partial charge in [-0.15, -0.1) is 0 Å². The second-order valence-electron chi connectivity index (χ2n) is 7.93. The first-order valence-corrected chi connectivity index (χ1v) is 9.66. The zero-order chi connectivity index (χ0) is 20.0. The molecule has 7 nitrogen and oxygen atoms in total. The Labute approximate surface area is 161 Å². The minimum atomic E-state index is -0.342. The third-order valence-corrected chi connectivity index (χ3v) is 5.20. The van der Waals surface area contributed by atoms with E-state index in [1.165, 1.54) is 0 Å². The van der Waals surface area contributed by atoms with Gasteiger partial charge in [-0.3, -0.25) is 9.59 Å². The molecule has 0 aliphatic carbocycles. The first-order valence-electron chi connectivity index (χ1n) is 9.66. The normalized spacial score (nSPS) is 20.5. The van der Waals surface area contributed by atoms with Crippen LogP contribution in [0.5, 0.6) is 0 Å². The predicted molar refractivity (Wildman–Crippen MR) is 105 cm³/mol. The van der Waals surface area contributed by atoms with Gasteiger partial charge in [-0.2, -0.15) is 0 Å². The first-order chi connectivity index (χ1) is 12.8. The van der Waals surface area contributed by atoms with Crippen molar-refractivity contribution in [3.05, 3.63) is 33.7 Å². The molecule has 0 bridgehead atoms. The standard InChI is InChI=1S/C20H33N3O4/c1-14(2)18-6-5-17(19(25)21-18)20(26)23-11-15(9-16(12-23)13-24)10-22(3)7-8-27-4/h5-6,14-16,24H,7-13H2,1-4H3,(H,21,25)/t15-,16+/m1/s1. The van der Waals surface area contributed by atoms with Crippen LogP contribution in [0.15, 0.2) is 16.9 Å². The number of likely N-dealkylation sites (tertiary alicyclic amines) is 1. The summed E-state index contributed by atoms with van der Waals surface area (Å²) in [6.07, 6.45) is 0.875. The fourth-order valence-corrected chi connectivity index (χ4v) is 3.69. The first kappa shape index (κ1) is 21.6. The molecule has 0 unspecified atom stereocenters. The lowest BCUT2D eigenvalue weighted by molar-refractivity contribution is 0.0449. The lowest BCUT2D eigenvalue weighted by Gasteiger charge is -2.38. The zero-order valence-corrected chi connectivity index (χ0v) is 16.9. The number of piperidine rings is 1. The number of carbonyl (C=O) groups is 1. The molecule has 0 radical (unpaired) electrons. The smallest absolute Gasteiger partial charge is 0.261 e. The van der Waals surface area contributed by atoms with Crippen LogP contribution < -0.4 is 5.56 Å². The Balaban J connectivity index is 2.11. The molecule has 0 saturated carbocycles. The third kappa shape index (κ3) is 5.89. The van der Waals surface area contributed by atoms with Crippen LogP contribution in [-0.4, -0.2) is 79.3 Å². The number of amides is 1. The van der Waals surface area contributed by atoms with E-state index in [2.05, 4.69) is 9.88 Å². The molecule has 1 aromatic rings. The maximum atomic E-state index is 13.0. The lowest BCUT2D eigenvalue weighted by Crippen LogP contribution is -2.48. The Hall–Kier alpha value is -1.70. The molecule has 1 saturated heterocycles. The fraction of sp³-hybridized carbons (Fsp3) is 0.700. The van der Waals surface area contributed by atoms with Gasteiger partial charge in [-0.25, -0.2) is 0 Å². The number of nitrogens with zero attached hydrogens (tertiary/aromatic N) is 2. The SMILES string of the molecule is COCCN(C)C[C@H]1C[C@H](CO)CN(C(=O)c2ccc(C(C)C)[nH]c2=O)C1. The van der Waals surface area contributed by atoms with Crippen LogP contribution in [0.1, 0.15) is 42.2 Å². The Morgan fingerprint density at radius 2 is 2.07 bits per heavy atom. The van der Waals surface area contributed by atoms with Crippen LogP contribution in [0.25, 0.3) is 0 Å². The summed E-state index contributed by atoms with van der Waals surface area (Å²) in [5, 5.41) is 9.67. The van der Waals surface area contributed by atoms with Crippen LogP contribution >= 0.6 is 0 Å². The lowest BCUT2D eigenvalue weighted by atomic mass is 9.89. The topological polar surface area (TPSA) is 85.9 Å². The number of aliphatic hydroxyl groups excluding tert-OH is 1. The molecule has 0 spiro atoms. The molecule has 2 heterocycles. The van der Waals surface area contributed by atoms with Gasteiger partial charge < -0.3 is 24.6 Å². The summed E-state index contributed by atoms with van der Waals surface area (Å²) < 4.78 is 5.12. The number of likely N-dealkylation sites (N-methyl/N-ethyl adjacent to an activating group) is 1. The maximum absolute atomic E-state index is 13.0. The molecule has 1 aliphatic rings. The van der Waals surface area contributed by atoms with Crippen LogP contribution in [0.3, 0.4) is 0 Å². The van der Waals surface area contributed by atoms with Crippen molar-refractivity contribution in [3.63, 3.8) is 0 Å². The van der Waals surface area contributed by atoms with E-state index < -0.39 is 0 Å². The van der Waals surface area contributed by atoms with Gasteiger partial charge in [0.25, 0.3) is 11.5 Å². The highest BCUT2D eigenvalue weighted by Gasteiger charge is 2.31. The second-order valence-corrected chi connectivity index (χ2v) is 7.93. The Kier molecular flexibility index (Phi) is 8.01. The molecule has 1 fully saturated rings. The number of pyridine rings is 1. The number of rotatable bonds is 8. The van der Waals surface area contributed by atoms with Crippen LogP contribution in [0.4, 0.5) is 0 Å². The van der Waals surface area contributed by atoms with Crippen LogP contribution in [0, 0.1) is 11.8 Å². The maximum Gasteiger partial charge on any atom is 0.261 e. The van der Waals surface area contributed by atoms with Gasteiger partial charge in [0, 0.05) is 45.6 Å². The summed E-state index contributed by atoms with van der Waals surface area (Å²) in [6.45, 7) is 7.42. The van der Waals surface area contributed by atoms with Crippen molar-refractivity contribution in [2.75, 3.05) is 53.6 Å². The van der Waals surface area contributed by atoms with E-state index in [4.69, 9.17) is 4.74 Å². The highest BCUT2D eigenvalue weighted by molar-refractivity contribution is 5.93. The van der Waals surface area contributed by atoms with Gasteiger partial charge in [-0.05, 0) is 43.4 Å². The average Bonchev–Trinajstić information content (AvgIpc) is 2.65. The minimum Gasteiger partial charge on any atom is -0.396 e. The molecule has 1 aliphatic heterocycles. The molecule has 7 heteroatoms. The third-order valence-electron chi connectivity index (χ3n) is 5.20. The van der Waals surface area contributed by atoms with E-state index in [0.29, 0.717) is 19.7 Å². The van der Waals surface area contributed by atoms with E-state index in [9.17, 15) is 14.7 Å². The fourth-order valence-electron chi connectivity index (χ4n) is 3.69. The van der Waals surface area contributed by atoms with Crippen LogP contribution in [-0.2, 0) is 4.74 Å². The van der Waals surface area contributed by atoms with E-state index in [0.717, 1.165) is 25.2 Å². The highest BCUT2D eigenvalue weighted by atomic mass is 16.5. The quantitative estimate of drug-likeness (QED) is 0.708. The van der Waals surface area contributed by atoms with Crippen molar-refractivity contribution in [3.8, 4) is 0 Å². The van der Waals surface area contributed by atoms with Crippen molar-refractivity contribution < 1.29 is 14.6 Å². The summed E-state index contributed by atoms with van der Waals surface area (Å²) in [5.74, 6) is 0.241. The molecule has 2 N–H and O–H groups in total. The molecule has 0 aromatic carbocycles. The van der Waals surface area contributed by atoms with E-state index in [-0.39, 0.29) is 41.4 Å². The molecular formula is C20H33N3O4. The van der Waals surface area contributed by atoms with E-state index in [1.54, 1.807) is 18.1 Å². The highest BCUT2D eigenvalue weighted by Crippen LogP contribution is 2.23. The molecule has 1 aromatic heterocycles. The summed E-state index contributed by atoms with van der Waals surface area (Å²) in [5.41, 5.74) is 0.650. The summed E-state index contributed by atoms with van der Waals surface area (Å²) in [4.78, 5) is 32.1. The van der Waals surface area contributed by atoms with Gasteiger partial charge in [0.15, 0.2) is 0 Å². The number of nitrogens with one attached hydrogen (secondary N) is 1. The Morgan fingerprint density at radius 1 is 1.37 bits per heavy atom. The summed E-state index contributed by atoms with van der Waals surface area (Å²) in [7, 11) is 3.71. The number of hydrogen-bond donors (Lipinski definition) is 2. The number of aromatic nitrogens is 1. The molecule has 2 atom stereocenters. The number of aliphatic hydroxyl groups is 1. The van der Waals surface area contributed by atoms with Crippen LogP contribution in [0.2, 0.25) is 0 Å². The van der Waals surface area contributed by atoms with Crippen molar-refractivity contribution in [1.82, 2.24) is 14.8 Å². The average molecular weight is 380 g/mol. The molecule has 152 valence electrons. The number of methoxy groups -OCH3 is 1. The molecular weight excluding hydrogens is 346 g/mol. The second kappa shape index (κ2) is 10.0. The number of carbonyl (C=O) groups excluding carboxylic acids is 1. The molecule has 27 heavy (non-hydrogen) atoms. The number of aromatic amines is 1. The number of ether oxygens (including phenoxy) is 1. The zero-order valence-electron chi connectivity index (χ0n) is 16.9. The Morgan fingerprint density at radius 3 is 2.67 bits per heavy atom.